The number of thiazole rings is 1. The van der Waals surface area contributed by atoms with Crippen molar-refractivity contribution in [3.8, 4) is 0 Å². The summed E-state index contributed by atoms with van der Waals surface area (Å²) in [5.41, 5.74) is 2.90. The Kier molecular flexibility index (Phi) is 4.65. The van der Waals surface area contributed by atoms with Crippen LogP contribution in [0.1, 0.15) is 26.6 Å². The summed E-state index contributed by atoms with van der Waals surface area (Å²) >= 11 is 1.67. The van der Waals surface area contributed by atoms with Gasteiger partial charge in [-0.1, -0.05) is 12.1 Å². The molecule has 5 heteroatoms. The lowest BCUT2D eigenvalue weighted by molar-refractivity contribution is 0.0963. The average Bonchev–Trinajstić information content (AvgIpc) is 2.84. The summed E-state index contributed by atoms with van der Waals surface area (Å²) in [6, 6.07) is 7.60. The van der Waals surface area contributed by atoms with Gasteiger partial charge in [0, 0.05) is 36.8 Å². The summed E-state index contributed by atoms with van der Waals surface area (Å²) in [6.45, 7) is 3.54. The number of aromatic nitrogens is 1. The number of hydrogen-bond acceptors (Lipinski definition) is 4. The second-order valence-corrected chi connectivity index (χ2v) is 5.20. The molecule has 2 rings (SSSR count). The van der Waals surface area contributed by atoms with Gasteiger partial charge in [0.1, 0.15) is 5.01 Å². The molecule has 2 aromatic rings. The molecule has 100 valence electrons. The molecule has 0 aliphatic rings. The molecule has 0 fully saturated rings. The quantitative estimate of drug-likeness (QED) is 0.878. The van der Waals surface area contributed by atoms with Crippen LogP contribution in [0.25, 0.3) is 0 Å². The first-order chi connectivity index (χ1) is 9.19. The molecular formula is C14H17N3OS. The number of carbonyl (C=O) groups excluding carboxylic acids is 1. The lowest BCUT2D eigenvalue weighted by Crippen LogP contribution is -2.18. The van der Waals surface area contributed by atoms with E-state index in [-0.39, 0.29) is 5.91 Å². The van der Waals surface area contributed by atoms with Gasteiger partial charge in [-0.2, -0.15) is 0 Å². The van der Waals surface area contributed by atoms with E-state index >= 15 is 0 Å². The predicted octanol–water partition coefficient (Wildman–Crippen LogP) is 2.10. The Morgan fingerprint density at radius 1 is 1.26 bits per heavy atom. The number of amides is 1. The normalized spacial score (nSPS) is 10.4. The van der Waals surface area contributed by atoms with Crippen molar-refractivity contribution in [1.82, 2.24) is 15.6 Å². The number of aryl methyl sites for hydroxylation is 1. The van der Waals surface area contributed by atoms with Crippen LogP contribution in [0, 0.1) is 6.92 Å². The minimum atomic E-state index is -0.0576. The van der Waals surface area contributed by atoms with Gasteiger partial charge in [0.25, 0.3) is 5.91 Å². The second kappa shape index (κ2) is 6.45. The summed E-state index contributed by atoms with van der Waals surface area (Å²) in [5, 5.41) is 9.10. The highest BCUT2D eigenvalue weighted by atomic mass is 32.1. The van der Waals surface area contributed by atoms with Crippen LogP contribution < -0.4 is 10.6 Å². The van der Waals surface area contributed by atoms with Crippen molar-refractivity contribution in [2.45, 2.75) is 20.0 Å². The first-order valence-corrected chi connectivity index (χ1v) is 7.00. The molecule has 2 N–H and O–H groups in total. The third kappa shape index (κ3) is 3.87. The van der Waals surface area contributed by atoms with Gasteiger partial charge in [0.05, 0.1) is 0 Å². The smallest absolute Gasteiger partial charge is 0.251 e. The third-order valence-corrected chi connectivity index (χ3v) is 3.68. The van der Waals surface area contributed by atoms with Crippen molar-refractivity contribution in [2.75, 3.05) is 7.05 Å². The number of hydrogen-bond donors (Lipinski definition) is 2. The summed E-state index contributed by atoms with van der Waals surface area (Å²) in [4.78, 5) is 15.8. The van der Waals surface area contributed by atoms with Crippen molar-refractivity contribution in [1.29, 1.82) is 0 Å². The fourth-order valence-electron chi connectivity index (χ4n) is 1.72. The van der Waals surface area contributed by atoms with Gasteiger partial charge in [0.15, 0.2) is 0 Å². The van der Waals surface area contributed by atoms with E-state index in [2.05, 4.69) is 21.0 Å². The maximum atomic E-state index is 11.4. The minimum Gasteiger partial charge on any atom is -0.355 e. The molecule has 0 radical (unpaired) electrons. The Labute approximate surface area is 116 Å². The number of benzene rings is 1. The topological polar surface area (TPSA) is 54.0 Å². The van der Waals surface area contributed by atoms with Crippen molar-refractivity contribution < 1.29 is 4.79 Å². The fraction of sp³-hybridized carbons (Fsp3) is 0.286. The summed E-state index contributed by atoms with van der Waals surface area (Å²) in [6.07, 6.45) is 0. The predicted molar refractivity (Wildman–Crippen MR) is 77.2 cm³/mol. The van der Waals surface area contributed by atoms with Crippen molar-refractivity contribution in [2.24, 2.45) is 0 Å². The number of nitrogens with zero attached hydrogens (tertiary/aromatic N) is 1. The van der Waals surface area contributed by atoms with E-state index in [4.69, 9.17) is 0 Å². The maximum Gasteiger partial charge on any atom is 0.251 e. The zero-order chi connectivity index (χ0) is 13.7. The molecule has 1 heterocycles. The van der Waals surface area contributed by atoms with Crippen LogP contribution in [0.4, 0.5) is 0 Å². The van der Waals surface area contributed by atoms with Crippen LogP contribution in [-0.2, 0) is 13.1 Å². The van der Waals surface area contributed by atoms with Crippen molar-refractivity contribution in [3.05, 3.63) is 51.5 Å². The summed E-state index contributed by atoms with van der Waals surface area (Å²) in [7, 11) is 1.63. The van der Waals surface area contributed by atoms with Crippen molar-refractivity contribution in [3.63, 3.8) is 0 Å². The van der Waals surface area contributed by atoms with E-state index in [1.807, 2.05) is 31.2 Å². The van der Waals surface area contributed by atoms with Gasteiger partial charge >= 0.3 is 0 Å². The van der Waals surface area contributed by atoms with E-state index in [1.165, 1.54) is 0 Å². The third-order valence-electron chi connectivity index (χ3n) is 2.72. The van der Waals surface area contributed by atoms with Gasteiger partial charge in [-0.15, -0.1) is 11.3 Å². The van der Waals surface area contributed by atoms with Crippen LogP contribution in [0.3, 0.4) is 0 Å². The highest BCUT2D eigenvalue weighted by Crippen LogP contribution is 2.09. The van der Waals surface area contributed by atoms with E-state index < -0.39 is 0 Å². The fourth-order valence-corrected chi connectivity index (χ4v) is 2.46. The maximum absolute atomic E-state index is 11.4. The molecule has 0 saturated heterocycles. The van der Waals surface area contributed by atoms with E-state index in [0.29, 0.717) is 5.56 Å². The first-order valence-electron chi connectivity index (χ1n) is 6.12. The molecular weight excluding hydrogens is 258 g/mol. The number of nitrogens with one attached hydrogen (secondary N) is 2. The molecule has 0 unspecified atom stereocenters. The van der Waals surface area contributed by atoms with Gasteiger partial charge in [-0.3, -0.25) is 4.79 Å². The molecule has 0 atom stereocenters. The van der Waals surface area contributed by atoms with Gasteiger partial charge in [-0.25, -0.2) is 4.98 Å². The molecule has 1 amide bonds. The molecule has 0 spiro atoms. The standard InChI is InChI=1S/C14H17N3OS/c1-10-9-19-13(17-10)8-16-7-11-3-5-12(6-4-11)14(18)15-2/h3-6,9,16H,7-8H2,1-2H3,(H,15,18). The van der Waals surface area contributed by atoms with Crippen molar-refractivity contribution >= 4 is 17.2 Å². The molecule has 0 saturated carbocycles. The van der Waals surface area contributed by atoms with Gasteiger partial charge in [-0.05, 0) is 24.6 Å². The van der Waals surface area contributed by atoms with E-state index in [1.54, 1.807) is 18.4 Å². The zero-order valence-electron chi connectivity index (χ0n) is 11.1. The van der Waals surface area contributed by atoms with Crippen LogP contribution >= 0.6 is 11.3 Å². The number of rotatable bonds is 5. The van der Waals surface area contributed by atoms with Crippen LogP contribution in [-0.4, -0.2) is 17.9 Å². The first kappa shape index (κ1) is 13.7. The Bertz CT molecular complexity index is 548. The lowest BCUT2D eigenvalue weighted by atomic mass is 10.1. The van der Waals surface area contributed by atoms with Crippen LogP contribution in [0.15, 0.2) is 29.6 Å². The molecule has 0 bridgehead atoms. The minimum absolute atomic E-state index is 0.0576. The Morgan fingerprint density at radius 2 is 2.00 bits per heavy atom. The van der Waals surface area contributed by atoms with Gasteiger partial charge < -0.3 is 10.6 Å². The highest BCUT2D eigenvalue weighted by Gasteiger charge is 2.02. The molecule has 0 aliphatic heterocycles. The Hall–Kier alpha value is -1.72. The molecule has 1 aromatic carbocycles. The molecule has 1 aromatic heterocycles. The van der Waals surface area contributed by atoms with E-state index in [0.717, 1.165) is 29.4 Å². The Morgan fingerprint density at radius 3 is 2.58 bits per heavy atom. The SMILES string of the molecule is CNC(=O)c1ccc(CNCc2nc(C)cs2)cc1. The van der Waals surface area contributed by atoms with Gasteiger partial charge in [0.2, 0.25) is 0 Å². The monoisotopic (exact) mass is 275 g/mol. The Balaban J connectivity index is 1.84. The van der Waals surface area contributed by atoms with Crippen LogP contribution in [0.2, 0.25) is 0 Å². The summed E-state index contributed by atoms with van der Waals surface area (Å²) < 4.78 is 0. The largest absolute Gasteiger partial charge is 0.355 e. The highest BCUT2D eigenvalue weighted by molar-refractivity contribution is 7.09. The zero-order valence-corrected chi connectivity index (χ0v) is 11.9. The average molecular weight is 275 g/mol. The van der Waals surface area contributed by atoms with Crippen LogP contribution in [0.5, 0.6) is 0 Å². The van der Waals surface area contributed by atoms with E-state index in [9.17, 15) is 4.79 Å². The summed E-state index contributed by atoms with van der Waals surface area (Å²) in [5.74, 6) is -0.0576. The second-order valence-electron chi connectivity index (χ2n) is 4.26. The number of carbonyl (C=O) groups is 1. The molecule has 19 heavy (non-hydrogen) atoms. The lowest BCUT2D eigenvalue weighted by Gasteiger charge is -2.04. The molecule has 0 aliphatic carbocycles. The molecule has 4 nitrogen and oxygen atoms in total.